The molecule has 16 heavy (non-hydrogen) atoms. The number of aliphatic hydroxyl groups is 1. The van der Waals surface area contributed by atoms with E-state index in [1.807, 2.05) is 18.2 Å². The molecule has 2 heteroatoms. The molecule has 0 amide bonds. The van der Waals surface area contributed by atoms with E-state index in [1.54, 1.807) is 0 Å². The van der Waals surface area contributed by atoms with Gasteiger partial charge in [0.1, 0.15) is 12.4 Å². The van der Waals surface area contributed by atoms with Crippen molar-refractivity contribution in [3.05, 3.63) is 29.8 Å². The molecule has 1 aromatic rings. The van der Waals surface area contributed by atoms with Gasteiger partial charge in [0.25, 0.3) is 0 Å². The SMILES string of the molecule is CCC(C)CCc1ccccc1OCCO. The number of para-hydroxylation sites is 1. The van der Waals surface area contributed by atoms with Crippen molar-refractivity contribution in [2.45, 2.75) is 33.1 Å². The first kappa shape index (κ1) is 13.0. The molecule has 1 atom stereocenters. The van der Waals surface area contributed by atoms with E-state index < -0.39 is 0 Å². The third-order valence-corrected chi connectivity index (χ3v) is 2.92. The number of hydrogen-bond acceptors (Lipinski definition) is 2. The highest BCUT2D eigenvalue weighted by atomic mass is 16.5. The second kappa shape index (κ2) is 7.29. The van der Waals surface area contributed by atoms with Crippen molar-refractivity contribution in [2.24, 2.45) is 5.92 Å². The van der Waals surface area contributed by atoms with Gasteiger partial charge in [0.15, 0.2) is 0 Å². The van der Waals surface area contributed by atoms with Crippen LogP contribution in [0.5, 0.6) is 5.75 Å². The molecule has 1 unspecified atom stereocenters. The van der Waals surface area contributed by atoms with Crippen molar-refractivity contribution in [1.82, 2.24) is 0 Å². The first-order chi connectivity index (χ1) is 7.77. The highest BCUT2D eigenvalue weighted by molar-refractivity contribution is 5.33. The number of ether oxygens (including phenoxy) is 1. The quantitative estimate of drug-likeness (QED) is 0.768. The zero-order chi connectivity index (χ0) is 11.8. The Morgan fingerprint density at radius 1 is 1.31 bits per heavy atom. The Balaban J connectivity index is 2.56. The molecule has 90 valence electrons. The van der Waals surface area contributed by atoms with Crippen molar-refractivity contribution in [2.75, 3.05) is 13.2 Å². The fourth-order valence-electron chi connectivity index (χ4n) is 1.61. The summed E-state index contributed by atoms with van der Waals surface area (Å²) >= 11 is 0. The van der Waals surface area contributed by atoms with E-state index in [2.05, 4.69) is 19.9 Å². The van der Waals surface area contributed by atoms with Crippen LogP contribution in [0, 0.1) is 5.92 Å². The van der Waals surface area contributed by atoms with Crippen molar-refractivity contribution < 1.29 is 9.84 Å². The Kier molecular flexibility index (Phi) is 5.94. The summed E-state index contributed by atoms with van der Waals surface area (Å²) < 4.78 is 5.50. The molecule has 0 bridgehead atoms. The number of benzene rings is 1. The summed E-state index contributed by atoms with van der Waals surface area (Å²) in [6, 6.07) is 8.09. The Hall–Kier alpha value is -1.02. The summed E-state index contributed by atoms with van der Waals surface area (Å²) in [6.07, 6.45) is 3.46. The lowest BCUT2D eigenvalue weighted by Gasteiger charge is -2.12. The normalized spacial score (nSPS) is 12.4. The molecule has 1 N–H and O–H groups in total. The molecule has 1 aromatic carbocycles. The second-order valence-electron chi connectivity index (χ2n) is 4.23. The lowest BCUT2D eigenvalue weighted by atomic mass is 9.98. The van der Waals surface area contributed by atoms with Crippen molar-refractivity contribution in [3.8, 4) is 5.75 Å². The molecular formula is C14H22O2. The minimum Gasteiger partial charge on any atom is -0.491 e. The van der Waals surface area contributed by atoms with E-state index in [0.29, 0.717) is 6.61 Å². The molecule has 0 fully saturated rings. The number of aliphatic hydroxyl groups excluding tert-OH is 1. The van der Waals surface area contributed by atoms with Gasteiger partial charge in [-0.3, -0.25) is 0 Å². The van der Waals surface area contributed by atoms with Gasteiger partial charge in [-0.2, -0.15) is 0 Å². The second-order valence-corrected chi connectivity index (χ2v) is 4.23. The summed E-state index contributed by atoms with van der Waals surface area (Å²) in [4.78, 5) is 0. The van der Waals surface area contributed by atoms with Gasteiger partial charge in [0.05, 0.1) is 6.61 Å². The van der Waals surface area contributed by atoms with Crippen molar-refractivity contribution in [1.29, 1.82) is 0 Å². The lowest BCUT2D eigenvalue weighted by molar-refractivity contribution is 0.200. The van der Waals surface area contributed by atoms with E-state index in [-0.39, 0.29) is 6.61 Å². The molecule has 0 aliphatic heterocycles. The van der Waals surface area contributed by atoms with Gasteiger partial charge in [-0.15, -0.1) is 0 Å². The summed E-state index contributed by atoms with van der Waals surface area (Å²) in [5, 5.41) is 8.75. The molecule has 0 heterocycles. The summed E-state index contributed by atoms with van der Waals surface area (Å²) in [7, 11) is 0. The predicted octanol–water partition coefficient (Wildman–Crippen LogP) is 3.04. The van der Waals surface area contributed by atoms with E-state index in [1.165, 1.54) is 18.4 Å². The van der Waals surface area contributed by atoms with Crippen molar-refractivity contribution >= 4 is 0 Å². The van der Waals surface area contributed by atoms with Crippen LogP contribution >= 0.6 is 0 Å². The molecule has 0 radical (unpaired) electrons. The number of hydrogen-bond donors (Lipinski definition) is 1. The molecule has 0 aromatic heterocycles. The third kappa shape index (κ3) is 4.23. The Bertz CT molecular complexity index is 297. The highest BCUT2D eigenvalue weighted by Crippen LogP contribution is 2.21. The van der Waals surface area contributed by atoms with Crippen LogP contribution in [0.1, 0.15) is 32.3 Å². The van der Waals surface area contributed by atoms with E-state index >= 15 is 0 Å². The number of rotatable bonds is 7. The van der Waals surface area contributed by atoms with Gasteiger partial charge in [0.2, 0.25) is 0 Å². The van der Waals surface area contributed by atoms with Gasteiger partial charge >= 0.3 is 0 Å². The average molecular weight is 222 g/mol. The van der Waals surface area contributed by atoms with Crippen LogP contribution < -0.4 is 4.74 Å². The standard InChI is InChI=1S/C14H22O2/c1-3-12(2)8-9-13-6-4-5-7-14(13)16-11-10-15/h4-7,12,15H,3,8-11H2,1-2H3. The maximum absolute atomic E-state index is 8.75. The molecule has 0 spiro atoms. The molecule has 0 saturated carbocycles. The maximum atomic E-state index is 8.75. The topological polar surface area (TPSA) is 29.5 Å². The van der Waals surface area contributed by atoms with Crippen LogP contribution in [0.3, 0.4) is 0 Å². The molecule has 0 saturated heterocycles. The predicted molar refractivity (Wildman–Crippen MR) is 66.8 cm³/mol. The average Bonchev–Trinajstić information content (AvgIpc) is 2.34. The highest BCUT2D eigenvalue weighted by Gasteiger charge is 2.05. The minimum atomic E-state index is 0.0691. The van der Waals surface area contributed by atoms with Crippen LogP contribution in [-0.2, 0) is 6.42 Å². The van der Waals surface area contributed by atoms with Gasteiger partial charge in [0, 0.05) is 0 Å². The van der Waals surface area contributed by atoms with Crippen LogP contribution in [-0.4, -0.2) is 18.3 Å². The van der Waals surface area contributed by atoms with Gasteiger partial charge in [-0.25, -0.2) is 0 Å². The molecular weight excluding hydrogens is 200 g/mol. The van der Waals surface area contributed by atoms with Crippen molar-refractivity contribution in [3.63, 3.8) is 0 Å². The van der Waals surface area contributed by atoms with Gasteiger partial charge in [-0.05, 0) is 30.4 Å². The maximum Gasteiger partial charge on any atom is 0.122 e. The zero-order valence-corrected chi connectivity index (χ0v) is 10.3. The van der Waals surface area contributed by atoms with Crippen LogP contribution in [0.25, 0.3) is 0 Å². The van der Waals surface area contributed by atoms with E-state index in [4.69, 9.17) is 9.84 Å². The number of aryl methyl sites for hydroxylation is 1. The fraction of sp³-hybridized carbons (Fsp3) is 0.571. The van der Waals surface area contributed by atoms with Gasteiger partial charge < -0.3 is 9.84 Å². The smallest absolute Gasteiger partial charge is 0.122 e. The van der Waals surface area contributed by atoms with Crippen LogP contribution in [0.4, 0.5) is 0 Å². The molecule has 0 aliphatic carbocycles. The van der Waals surface area contributed by atoms with E-state index in [9.17, 15) is 0 Å². The third-order valence-electron chi connectivity index (χ3n) is 2.92. The van der Waals surface area contributed by atoms with Gasteiger partial charge in [-0.1, -0.05) is 38.5 Å². The summed E-state index contributed by atoms with van der Waals surface area (Å²) in [6.45, 7) is 4.94. The summed E-state index contributed by atoms with van der Waals surface area (Å²) in [5.74, 6) is 1.67. The van der Waals surface area contributed by atoms with Crippen LogP contribution in [0.15, 0.2) is 24.3 Å². The fourth-order valence-corrected chi connectivity index (χ4v) is 1.61. The zero-order valence-electron chi connectivity index (χ0n) is 10.3. The molecule has 0 aliphatic rings. The Morgan fingerprint density at radius 3 is 2.75 bits per heavy atom. The van der Waals surface area contributed by atoms with E-state index in [0.717, 1.165) is 18.1 Å². The monoisotopic (exact) mass is 222 g/mol. The summed E-state index contributed by atoms with van der Waals surface area (Å²) in [5.41, 5.74) is 1.25. The largest absolute Gasteiger partial charge is 0.491 e. The first-order valence-electron chi connectivity index (χ1n) is 6.09. The van der Waals surface area contributed by atoms with Crippen LogP contribution in [0.2, 0.25) is 0 Å². The Labute approximate surface area is 98.3 Å². The molecule has 2 nitrogen and oxygen atoms in total. The Morgan fingerprint density at radius 2 is 2.06 bits per heavy atom. The minimum absolute atomic E-state index is 0.0691. The lowest BCUT2D eigenvalue weighted by Crippen LogP contribution is -2.04. The molecule has 1 rings (SSSR count). The first-order valence-corrected chi connectivity index (χ1v) is 6.09.